The Balaban J connectivity index is 1.87. The minimum atomic E-state index is -9.30. The molecule has 0 atom stereocenters. The normalized spacial score (nSPS) is 15.1. The lowest BCUT2D eigenvalue weighted by Crippen LogP contribution is -2.75. The fourth-order valence-electron chi connectivity index (χ4n) is 10.5. The monoisotopic (exact) mass is 2190 g/mol. The number of halogens is 51. The SMILES string of the molecule is CCCN(CCOc1ccccc1C(=O)Oc1cc(OC(=O)c2ccccc2OCCN(CCC)S(=O)(=O)C(F)(F)C(F)(F)C(F)(F)C(F)(F)C(F)(F)C(F)(F)C(F)(F)C(F)(F)F)cc(OC(=O)c2ccccc2OCCN(CCC)S(=O)(=O)C(F)(F)C(F)(F)C(F)(F)C(F)(F)C(F)(F)C(F)(F)C(F)(F)C(F)(F)F)c1)S(=O)(=O)C(F)(F)C(F)(F)C(F)(F)C(F)(F)C(F)(F)C(F)(F)C(F)(F)C(F)(F)F. The van der Waals surface area contributed by atoms with Gasteiger partial charge in [-0.15, -0.1) is 0 Å². The fraction of sp³-hybridized carbons (Fsp3) is 0.591. The van der Waals surface area contributed by atoms with Gasteiger partial charge in [-0.25, -0.2) is 39.6 Å². The summed E-state index contributed by atoms with van der Waals surface area (Å²) in [6.45, 7) is -15.6. The van der Waals surface area contributed by atoms with Crippen molar-refractivity contribution in [1.82, 2.24) is 12.9 Å². The van der Waals surface area contributed by atoms with E-state index in [1.165, 1.54) is 0 Å². The second-order valence-electron chi connectivity index (χ2n) is 27.4. The first-order valence-electron chi connectivity index (χ1n) is 35.3. The molecule has 72 heteroatoms. The van der Waals surface area contributed by atoms with E-state index in [2.05, 4.69) is 0 Å². The number of benzene rings is 4. The van der Waals surface area contributed by atoms with Crippen LogP contribution in [0.2, 0.25) is 0 Å². The van der Waals surface area contributed by atoms with Gasteiger partial charge in [0.15, 0.2) is 0 Å². The van der Waals surface area contributed by atoms with Crippen LogP contribution in [0.15, 0.2) is 91.0 Å². The van der Waals surface area contributed by atoms with Crippen LogP contribution in [-0.4, -0.2) is 256 Å². The maximum Gasteiger partial charge on any atom is 0.460 e. The Hall–Kier alpha value is -9.15. The van der Waals surface area contributed by atoms with Crippen molar-refractivity contribution in [3.8, 4) is 34.5 Å². The number of hydrogen-bond acceptors (Lipinski definition) is 15. The molecule has 138 heavy (non-hydrogen) atoms. The van der Waals surface area contributed by atoms with Gasteiger partial charge in [0.05, 0.1) is 0 Å². The molecule has 0 saturated carbocycles. The number of alkyl halides is 51. The predicted molar refractivity (Wildman–Crippen MR) is 352 cm³/mol. The maximum atomic E-state index is 15.4. The number of sulfonamides is 3. The van der Waals surface area contributed by atoms with Crippen LogP contribution in [0.4, 0.5) is 224 Å². The summed E-state index contributed by atoms with van der Waals surface area (Å²) < 4.78 is 828. The Bertz CT molecular complexity index is 4840. The van der Waals surface area contributed by atoms with E-state index in [0.29, 0.717) is 93.6 Å². The van der Waals surface area contributed by atoms with Crippen LogP contribution >= 0.6 is 0 Å². The van der Waals surface area contributed by atoms with Crippen molar-refractivity contribution in [3.63, 3.8) is 0 Å². The molecule has 0 spiro atoms. The van der Waals surface area contributed by atoms with Gasteiger partial charge < -0.3 is 28.4 Å². The second-order valence-corrected chi connectivity index (χ2v) is 33.4. The summed E-state index contributed by atoms with van der Waals surface area (Å²) in [7, 11) is -24.3. The zero-order valence-corrected chi connectivity index (χ0v) is 68.6. The average molecular weight is 2190 g/mol. The van der Waals surface area contributed by atoms with E-state index in [1.54, 1.807) is 0 Å². The zero-order valence-electron chi connectivity index (χ0n) is 66.1. The van der Waals surface area contributed by atoms with Crippen molar-refractivity contribution in [2.24, 2.45) is 0 Å². The van der Waals surface area contributed by atoms with Crippen LogP contribution in [0.25, 0.3) is 0 Å². The van der Waals surface area contributed by atoms with Crippen molar-refractivity contribution >= 4 is 48.0 Å². The molecule has 792 valence electrons. The largest absolute Gasteiger partial charge is 0.491 e. The molecule has 0 N–H and O–H groups in total. The summed E-state index contributed by atoms with van der Waals surface area (Å²) in [6, 6.07) is 7.68. The third-order valence-corrected chi connectivity index (χ3v) is 23.9. The molecule has 0 amide bonds. The van der Waals surface area contributed by atoms with Crippen LogP contribution in [0, 0.1) is 0 Å². The van der Waals surface area contributed by atoms with Crippen molar-refractivity contribution < 1.29 is 292 Å². The Morgan fingerprint density at radius 3 is 0.543 bits per heavy atom. The zero-order chi connectivity index (χ0) is 108. The van der Waals surface area contributed by atoms with E-state index in [9.17, 15) is 211 Å². The Morgan fingerprint density at radius 2 is 0.384 bits per heavy atom. The number of hydrogen-bond donors (Lipinski definition) is 0. The number of para-hydroxylation sites is 3. The van der Waals surface area contributed by atoms with Gasteiger partial charge in [0.2, 0.25) is 0 Å². The van der Waals surface area contributed by atoms with E-state index in [0.717, 1.165) is 0 Å². The first-order chi connectivity index (χ1) is 61.2. The van der Waals surface area contributed by atoms with Crippen molar-refractivity contribution in [1.29, 1.82) is 0 Å². The highest BCUT2D eigenvalue weighted by Gasteiger charge is 3.00. The molecule has 0 bridgehead atoms. The number of ether oxygens (including phenoxy) is 6. The molecule has 0 aromatic heterocycles. The van der Waals surface area contributed by atoms with E-state index in [1.807, 2.05) is 0 Å². The van der Waals surface area contributed by atoms with Gasteiger partial charge >= 0.3 is 159 Å². The summed E-state index contributed by atoms with van der Waals surface area (Å²) >= 11 is 0. The molecule has 0 saturated heterocycles. The lowest BCUT2D eigenvalue weighted by atomic mass is 9.91. The van der Waals surface area contributed by atoms with Gasteiger partial charge in [0.1, 0.15) is 71.0 Å². The van der Waals surface area contributed by atoms with Gasteiger partial charge in [-0.3, -0.25) is 0 Å². The maximum absolute atomic E-state index is 15.4. The molecule has 0 aliphatic rings. The number of nitrogens with zero attached hydrogens (tertiary/aromatic N) is 3. The lowest BCUT2D eigenvalue weighted by molar-refractivity contribution is -0.458. The third-order valence-electron chi connectivity index (χ3n) is 18.1. The van der Waals surface area contributed by atoms with Crippen molar-refractivity contribution in [2.45, 2.75) is 181 Å². The van der Waals surface area contributed by atoms with Crippen LogP contribution in [0.5, 0.6) is 34.5 Å². The summed E-state index contributed by atoms with van der Waals surface area (Å²) in [4.78, 5) is 42.1. The number of rotatable bonds is 48. The predicted octanol–water partition coefficient (Wildman–Crippen LogP) is 21.5. The first-order valence-corrected chi connectivity index (χ1v) is 39.7. The second kappa shape index (κ2) is 38.6. The molecule has 0 aliphatic carbocycles. The van der Waals surface area contributed by atoms with Gasteiger partial charge in [0.25, 0.3) is 30.1 Å². The minimum absolute atomic E-state index is 0.202. The highest BCUT2D eigenvalue weighted by molar-refractivity contribution is 7.90. The standard InChI is InChI=1S/C66H48F51N3O15S3/c1-4-19-118(136(124,125)64(112,113)58(97,98)52(85,86)46(73,74)43(67,68)49(79,80)55(91,92)61(103,104)105)22-25-130-37-16-10-7-13-34(37)40(121)133-31-28-32(134-41(122)35-14-8-11-17-38(35)131-26-23-119(20-5-2)137(126,127)65(114,115)59(99,100)53(87,88)47(75,76)44(69,70)50(81,82)56(93,94)62(106,107)108)30-33(29-31)135-42(123)36-15-9-12-18-39(36)132-27-24-120(21-6-3)138(128,129)66(116,117)60(101,102)54(89,90)48(77,78)45(71,72)51(83,84)57(95,96)63(109,110)111/h7-18,28-30H,4-6,19-27H2,1-3H3. The van der Waals surface area contributed by atoms with Crippen LogP contribution in [0.1, 0.15) is 71.1 Å². The molecule has 18 nitrogen and oxygen atoms in total. The van der Waals surface area contributed by atoms with Gasteiger partial charge in [-0.2, -0.15) is 237 Å². The minimum Gasteiger partial charge on any atom is -0.491 e. The molecule has 4 aromatic rings. The summed E-state index contributed by atoms with van der Waals surface area (Å²) in [5, 5.41) is -24.5. The molecule has 0 aliphatic heterocycles. The molecule has 0 unspecified atom stereocenters. The number of carbonyl (C=O) groups excluding carboxylic acids is 3. The molecule has 4 rings (SSSR count). The lowest BCUT2D eigenvalue weighted by Gasteiger charge is -2.43. The van der Waals surface area contributed by atoms with E-state index in [4.69, 9.17) is 28.4 Å². The Labute approximate surface area is 733 Å². The highest BCUT2D eigenvalue weighted by Crippen LogP contribution is 2.69. The molecule has 4 aromatic carbocycles. The first kappa shape index (κ1) is 121. The quantitative estimate of drug-likeness (QED) is 0.0228. The summed E-state index contributed by atoms with van der Waals surface area (Å²) in [5.41, 5.74) is -3.73. The number of carbonyl (C=O) groups is 3. The molecule has 0 fully saturated rings. The highest BCUT2D eigenvalue weighted by atomic mass is 32.2. The van der Waals surface area contributed by atoms with Crippen molar-refractivity contribution in [3.05, 3.63) is 108 Å². The molecular formula is C66H48F51N3O15S3. The smallest absolute Gasteiger partial charge is 0.460 e. The van der Waals surface area contributed by atoms with E-state index in [-0.39, 0.29) is 18.2 Å². The van der Waals surface area contributed by atoms with Gasteiger partial charge in [0, 0.05) is 57.5 Å². The van der Waals surface area contributed by atoms with Crippen LogP contribution < -0.4 is 28.4 Å². The Morgan fingerprint density at radius 1 is 0.232 bits per heavy atom. The van der Waals surface area contributed by atoms with Gasteiger partial charge in [-0.1, -0.05) is 57.2 Å². The van der Waals surface area contributed by atoms with Crippen LogP contribution in [0.3, 0.4) is 0 Å². The van der Waals surface area contributed by atoms with Crippen molar-refractivity contribution in [2.75, 3.05) is 59.1 Å². The topological polar surface area (TPSA) is 219 Å². The third kappa shape index (κ3) is 19.5. The molecule has 0 radical (unpaired) electrons. The molecular weight excluding hydrogens is 2140 g/mol. The summed E-state index contributed by atoms with van der Waals surface area (Å²) in [5.74, 6) is -177. The van der Waals surface area contributed by atoms with E-state index >= 15 is 52.7 Å². The Kier molecular flexibility index (Phi) is 33.9. The number of esters is 3. The summed E-state index contributed by atoms with van der Waals surface area (Å²) in [6.07, 6.45) is -27.8. The van der Waals surface area contributed by atoms with E-state index < -0.39 is 331 Å². The van der Waals surface area contributed by atoms with Crippen LogP contribution in [-0.2, 0) is 30.1 Å². The fourth-order valence-corrected chi connectivity index (χ4v) is 15.0. The average Bonchev–Trinajstić information content (AvgIpc) is 0.694. The molecule has 0 heterocycles. The van der Waals surface area contributed by atoms with Gasteiger partial charge in [-0.05, 0) is 55.7 Å².